The van der Waals surface area contributed by atoms with Crippen molar-refractivity contribution in [2.45, 2.75) is 68.7 Å². The molecule has 3 aliphatic rings. The SMILES string of the molecule is CN1C2CC[C@H]1[C@H](OC(=O)[C@@](O)(c1ccccc1)C1CCCC1)C2. The van der Waals surface area contributed by atoms with Crippen LogP contribution in [0.4, 0.5) is 0 Å². The van der Waals surface area contributed by atoms with E-state index in [2.05, 4.69) is 11.9 Å². The van der Waals surface area contributed by atoms with E-state index in [1.165, 1.54) is 6.42 Å². The molecule has 4 atom stereocenters. The summed E-state index contributed by atoms with van der Waals surface area (Å²) < 4.78 is 5.92. The molecule has 4 heteroatoms. The van der Waals surface area contributed by atoms with Gasteiger partial charge in [-0.05, 0) is 38.3 Å². The molecule has 2 aliphatic heterocycles. The van der Waals surface area contributed by atoms with Crippen molar-refractivity contribution < 1.29 is 14.6 Å². The zero-order valence-electron chi connectivity index (χ0n) is 14.4. The smallest absolute Gasteiger partial charge is 0.343 e. The van der Waals surface area contributed by atoms with Gasteiger partial charge in [0, 0.05) is 24.4 Å². The van der Waals surface area contributed by atoms with Crippen molar-refractivity contribution >= 4 is 5.97 Å². The minimum atomic E-state index is -1.50. The molecule has 2 bridgehead atoms. The predicted octanol–water partition coefficient (Wildman–Crippen LogP) is 2.84. The molecule has 0 aromatic heterocycles. The van der Waals surface area contributed by atoms with E-state index in [1.807, 2.05) is 30.3 Å². The Balaban J connectivity index is 1.58. The Kier molecular flexibility index (Phi) is 4.13. The Labute approximate surface area is 143 Å². The molecule has 2 heterocycles. The van der Waals surface area contributed by atoms with Gasteiger partial charge in [-0.1, -0.05) is 43.2 Å². The van der Waals surface area contributed by atoms with E-state index in [4.69, 9.17) is 4.74 Å². The van der Waals surface area contributed by atoms with Crippen molar-refractivity contribution in [2.24, 2.45) is 5.92 Å². The average Bonchev–Trinajstić information content (AvgIpc) is 3.32. The average molecular weight is 329 g/mol. The van der Waals surface area contributed by atoms with Crippen LogP contribution in [0.15, 0.2) is 30.3 Å². The Morgan fingerprint density at radius 2 is 1.88 bits per heavy atom. The second-order valence-corrected chi connectivity index (χ2v) is 7.76. The van der Waals surface area contributed by atoms with Crippen LogP contribution in [-0.4, -0.2) is 41.2 Å². The number of nitrogens with zero attached hydrogens (tertiary/aromatic N) is 1. The van der Waals surface area contributed by atoms with Crippen molar-refractivity contribution in [2.75, 3.05) is 7.05 Å². The van der Waals surface area contributed by atoms with Crippen LogP contribution < -0.4 is 0 Å². The van der Waals surface area contributed by atoms with Gasteiger partial charge in [0.05, 0.1) is 0 Å². The van der Waals surface area contributed by atoms with Gasteiger partial charge in [0.2, 0.25) is 0 Å². The Morgan fingerprint density at radius 3 is 2.46 bits per heavy atom. The number of hydrogen-bond donors (Lipinski definition) is 1. The minimum Gasteiger partial charge on any atom is -0.458 e. The van der Waals surface area contributed by atoms with E-state index in [0.717, 1.165) is 38.5 Å². The minimum absolute atomic E-state index is 0.0382. The van der Waals surface area contributed by atoms with Gasteiger partial charge in [-0.2, -0.15) is 0 Å². The third kappa shape index (κ3) is 2.47. The lowest BCUT2D eigenvalue weighted by Crippen LogP contribution is -2.46. The van der Waals surface area contributed by atoms with Gasteiger partial charge in [0.15, 0.2) is 5.60 Å². The first-order valence-corrected chi connectivity index (χ1v) is 9.31. The van der Waals surface area contributed by atoms with Crippen molar-refractivity contribution in [3.63, 3.8) is 0 Å². The number of carbonyl (C=O) groups is 1. The summed E-state index contributed by atoms with van der Waals surface area (Å²) in [5.41, 5.74) is -0.823. The summed E-state index contributed by atoms with van der Waals surface area (Å²) in [7, 11) is 2.12. The number of likely N-dealkylation sites (N-methyl/N-ethyl adjacent to an activating group) is 1. The lowest BCUT2D eigenvalue weighted by molar-refractivity contribution is -0.180. The van der Waals surface area contributed by atoms with Crippen LogP contribution in [0.5, 0.6) is 0 Å². The molecular formula is C20H27NO3. The van der Waals surface area contributed by atoms with Gasteiger partial charge in [-0.15, -0.1) is 0 Å². The van der Waals surface area contributed by atoms with Crippen molar-refractivity contribution in [1.82, 2.24) is 4.90 Å². The summed E-state index contributed by atoms with van der Waals surface area (Å²) in [5.74, 6) is -0.477. The number of rotatable bonds is 4. The van der Waals surface area contributed by atoms with E-state index in [0.29, 0.717) is 17.6 Å². The Morgan fingerprint density at radius 1 is 1.17 bits per heavy atom. The summed E-state index contributed by atoms with van der Waals surface area (Å²) in [6.07, 6.45) is 7.04. The van der Waals surface area contributed by atoms with Crippen molar-refractivity contribution in [3.8, 4) is 0 Å². The quantitative estimate of drug-likeness (QED) is 0.863. The summed E-state index contributed by atoms with van der Waals surface area (Å²) in [4.78, 5) is 15.4. The number of esters is 1. The van der Waals surface area contributed by atoms with Gasteiger partial charge in [-0.25, -0.2) is 4.79 Å². The van der Waals surface area contributed by atoms with Gasteiger partial charge in [0.25, 0.3) is 0 Å². The lowest BCUT2D eigenvalue weighted by Gasteiger charge is -2.34. The van der Waals surface area contributed by atoms with Crippen molar-refractivity contribution in [3.05, 3.63) is 35.9 Å². The molecule has 2 saturated heterocycles. The second kappa shape index (κ2) is 6.16. The van der Waals surface area contributed by atoms with Crippen LogP contribution in [0.25, 0.3) is 0 Å². The molecule has 3 fully saturated rings. The molecule has 24 heavy (non-hydrogen) atoms. The van der Waals surface area contributed by atoms with E-state index in [-0.39, 0.29) is 12.0 Å². The number of ether oxygens (including phenoxy) is 1. The fourth-order valence-electron chi connectivity index (χ4n) is 5.11. The first-order chi connectivity index (χ1) is 11.6. The fourth-order valence-corrected chi connectivity index (χ4v) is 5.11. The number of benzene rings is 1. The molecule has 4 nitrogen and oxygen atoms in total. The normalized spacial score (nSPS) is 32.8. The summed E-state index contributed by atoms with van der Waals surface area (Å²) in [5, 5.41) is 11.5. The number of hydrogen-bond acceptors (Lipinski definition) is 4. The van der Waals surface area contributed by atoms with E-state index in [9.17, 15) is 9.90 Å². The molecule has 1 unspecified atom stereocenters. The molecule has 4 rings (SSSR count). The highest BCUT2D eigenvalue weighted by Crippen LogP contribution is 2.43. The van der Waals surface area contributed by atoms with Gasteiger partial charge < -0.3 is 9.84 Å². The number of carbonyl (C=O) groups excluding carboxylic acids is 1. The largest absolute Gasteiger partial charge is 0.458 e. The second-order valence-electron chi connectivity index (χ2n) is 7.76. The van der Waals surface area contributed by atoms with Gasteiger partial charge in [0.1, 0.15) is 6.10 Å². The van der Waals surface area contributed by atoms with Crippen LogP contribution in [0.1, 0.15) is 50.5 Å². The molecule has 130 valence electrons. The molecule has 1 aliphatic carbocycles. The number of aliphatic hydroxyl groups is 1. The van der Waals surface area contributed by atoms with Crippen LogP contribution in [-0.2, 0) is 15.1 Å². The molecule has 1 aromatic carbocycles. The molecule has 1 saturated carbocycles. The van der Waals surface area contributed by atoms with Crippen LogP contribution >= 0.6 is 0 Å². The molecule has 0 amide bonds. The highest BCUT2D eigenvalue weighted by Gasteiger charge is 2.52. The first-order valence-electron chi connectivity index (χ1n) is 9.31. The predicted molar refractivity (Wildman–Crippen MR) is 91.4 cm³/mol. The molecular weight excluding hydrogens is 302 g/mol. The summed E-state index contributed by atoms with van der Waals surface area (Å²) in [6.45, 7) is 0. The molecule has 0 radical (unpaired) electrons. The molecule has 1 N–H and O–H groups in total. The van der Waals surface area contributed by atoms with Crippen LogP contribution in [0, 0.1) is 5.92 Å². The third-order valence-electron chi connectivity index (χ3n) is 6.56. The van der Waals surface area contributed by atoms with Crippen LogP contribution in [0.3, 0.4) is 0 Å². The Hall–Kier alpha value is -1.39. The maximum Gasteiger partial charge on any atom is 0.343 e. The summed E-state index contributed by atoms with van der Waals surface area (Å²) >= 11 is 0. The maximum absolute atomic E-state index is 13.1. The Bertz CT molecular complexity index is 598. The zero-order chi connectivity index (χ0) is 16.7. The first kappa shape index (κ1) is 16.1. The molecule has 1 aromatic rings. The third-order valence-corrected chi connectivity index (χ3v) is 6.56. The van der Waals surface area contributed by atoms with Crippen molar-refractivity contribution in [1.29, 1.82) is 0 Å². The zero-order valence-corrected chi connectivity index (χ0v) is 14.4. The lowest BCUT2D eigenvalue weighted by atomic mass is 9.80. The number of fused-ring (bicyclic) bond motifs is 2. The van der Waals surface area contributed by atoms with Gasteiger partial charge >= 0.3 is 5.97 Å². The highest BCUT2D eigenvalue weighted by molar-refractivity contribution is 5.82. The molecule has 0 spiro atoms. The van der Waals surface area contributed by atoms with Gasteiger partial charge in [-0.3, -0.25) is 4.90 Å². The summed E-state index contributed by atoms with van der Waals surface area (Å²) in [6, 6.07) is 10.2. The maximum atomic E-state index is 13.1. The standard InChI is InChI=1S/C20H27NO3/c1-21-16-11-12-17(21)18(13-16)24-19(22)20(23,15-9-5-6-10-15)14-7-3-2-4-8-14/h2-4,7-8,15-18,23H,5-6,9-13H2,1H3/t16?,17-,18+,20+/m0/s1. The van der Waals surface area contributed by atoms with E-state index < -0.39 is 11.6 Å². The van der Waals surface area contributed by atoms with E-state index in [1.54, 1.807) is 0 Å². The highest BCUT2D eigenvalue weighted by atomic mass is 16.6. The monoisotopic (exact) mass is 329 g/mol. The van der Waals surface area contributed by atoms with E-state index >= 15 is 0 Å². The topological polar surface area (TPSA) is 49.8 Å². The van der Waals surface area contributed by atoms with Crippen LogP contribution in [0.2, 0.25) is 0 Å². The fraction of sp³-hybridized carbons (Fsp3) is 0.650.